The highest BCUT2D eigenvalue weighted by Crippen LogP contribution is 2.61. The van der Waals surface area contributed by atoms with Crippen molar-refractivity contribution in [1.82, 2.24) is 0 Å². The summed E-state index contributed by atoms with van der Waals surface area (Å²) in [6.45, 7) is 4.25. The molecular weight excluding hydrogens is 232 g/mol. The van der Waals surface area contributed by atoms with E-state index in [9.17, 15) is 14.7 Å². The molecule has 3 aliphatic rings. The van der Waals surface area contributed by atoms with Crippen LogP contribution in [0.4, 0.5) is 0 Å². The van der Waals surface area contributed by atoms with Crippen LogP contribution in [0.25, 0.3) is 0 Å². The number of hydrogen-bond acceptors (Lipinski definition) is 3. The van der Waals surface area contributed by atoms with Gasteiger partial charge in [-0.25, -0.2) is 0 Å². The van der Waals surface area contributed by atoms with Gasteiger partial charge < -0.3 is 9.84 Å². The smallest absolute Gasteiger partial charge is 0.311 e. The molecule has 1 aliphatic heterocycles. The fraction of sp³-hybridized carbons (Fsp3) is 0.714. The van der Waals surface area contributed by atoms with E-state index < -0.39 is 11.4 Å². The van der Waals surface area contributed by atoms with Gasteiger partial charge in [0, 0.05) is 5.92 Å². The van der Waals surface area contributed by atoms with Crippen LogP contribution in [0.15, 0.2) is 12.2 Å². The third-order valence-corrected chi connectivity index (χ3v) is 5.20. The molecule has 18 heavy (non-hydrogen) atoms. The fourth-order valence-corrected chi connectivity index (χ4v) is 4.13. The van der Waals surface area contributed by atoms with Crippen molar-refractivity contribution in [3.8, 4) is 0 Å². The molecule has 3 rings (SSSR count). The second-order valence-corrected chi connectivity index (χ2v) is 6.48. The molecule has 0 aromatic heterocycles. The number of hydrogen-bond donors (Lipinski definition) is 1. The minimum absolute atomic E-state index is 0.100. The molecule has 98 valence electrons. The van der Waals surface area contributed by atoms with E-state index in [1.165, 1.54) is 0 Å². The van der Waals surface area contributed by atoms with Gasteiger partial charge in [0.2, 0.25) is 0 Å². The summed E-state index contributed by atoms with van der Waals surface area (Å²) in [7, 11) is 0. The molecule has 0 spiro atoms. The van der Waals surface area contributed by atoms with Gasteiger partial charge in [-0.1, -0.05) is 12.2 Å². The Balaban J connectivity index is 1.92. The van der Waals surface area contributed by atoms with Crippen molar-refractivity contribution in [3.05, 3.63) is 12.2 Å². The van der Waals surface area contributed by atoms with Crippen molar-refractivity contribution in [3.63, 3.8) is 0 Å². The first-order valence-corrected chi connectivity index (χ1v) is 6.46. The van der Waals surface area contributed by atoms with Crippen molar-refractivity contribution in [2.24, 2.45) is 28.6 Å². The molecule has 4 unspecified atom stereocenters. The third-order valence-electron chi connectivity index (χ3n) is 5.20. The molecule has 0 aromatic carbocycles. The van der Waals surface area contributed by atoms with Crippen molar-refractivity contribution in [2.75, 3.05) is 6.61 Å². The van der Waals surface area contributed by atoms with Gasteiger partial charge in [0.15, 0.2) is 0 Å². The Morgan fingerprint density at radius 3 is 2.67 bits per heavy atom. The number of cyclic esters (lactones) is 1. The normalized spacial score (nSPS) is 44.3. The molecule has 1 saturated heterocycles. The summed E-state index contributed by atoms with van der Waals surface area (Å²) in [4.78, 5) is 23.0. The molecule has 1 heterocycles. The van der Waals surface area contributed by atoms with Crippen LogP contribution in [-0.2, 0) is 14.3 Å². The molecule has 2 fully saturated rings. The topological polar surface area (TPSA) is 63.6 Å². The predicted octanol–water partition coefficient (Wildman–Crippen LogP) is 1.85. The van der Waals surface area contributed by atoms with E-state index in [0.717, 1.165) is 6.42 Å². The summed E-state index contributed by atoms with van der Waals surface area (Å²) in [5.41, 5.74) is -0.657. The molecule has 2 aliphatic carbocycles. The molecular formula is C14H18O4. The van der Waals surface area contributed by atoms with E-state index in [4.69, 9.17) is 4.74 Å². The van der Waals surface area contributed by atoms with Gasteiger partial charge in [-0.2, -0.15) is 0 Å². The molecule has 1 N–H and O–H groups in total. The van der Waals surface area contributed by atoms with Gasteiger partial charge in [-0.15, -0.1) is 0 Å². The highest BCUT2D eigenvalue weighted by Gasteiger charge is 2.60. The van der Waals surface area contributed by atoms with E-state index in [1.807, 2.05) is 19.9 Å². The maximum atomic E-state index is 11.8. The quantitative estimate of drug-likeness (QED) is 0.600. The lowest BCUT2D eigenvalue weighted by molar-refractivity contribution is -0.145. The Morgan fingerprint density at radius 1 is 1.44 bits per heavy atom. The van der Waals surface area contributed by atoms with Gasteiger partial charge >= 0.3 is 11.9 Å². The lowest BCUT2D eigenvalue weighted by atomic mass is 9.64. The number of esters is 1. The van der Waals surface area contributed by atoms with Gasteiger partial charge in [-0.3, -0.25) is 9.59 Å². The summed E-state index contributed by atoms with van der Waals surface area (Å²) in [6, 6.07) is 0. The maximum Gasteiger partial charge on any atom is 0.311 e. The van der Waals surface area contributed by atoms with Gasteiger partial charge in [0.05, 0.1) is 17.9 Å². The lowest BCUT2D eigenvalue weighted by Gasteiger charge is -2.36. The SMILES string of the molecule is CC1(C)C(=O)OCC1C12C=CC(C1)C(C(=O)O)C2. The number of carbonyl (C=O) groups excluding carboxylic acids is 1. The van der Waals surface area contributed by atoms with Crippen LogP contribution in [0.1, 0.15) is 26.7 Å². The van der Waals surface area contributed by atoms with Crippen LogP contribution >= 0.6 is 0 Å². The van der Waals surface area contributed by atoms with Gasteiger partial charge in [0.1, 0.15) is 0 Å². The second-order valence-electron chi connectivity index (χ2n) is 6.48. The first-order valence-electron chi connectivity index (χ1n) is 6.46. The maximum absolute atomic E-state index is 11.8. The van der Waals surface area contributed by atoms with Crippen molar-refractivity contribution in [2.45, 2.75) is 26.7 Å². The minimum Gasteiger partial charge on any atom is -0.481 e. The average Bonchev–Trinajstić information content (AvgIpc) is 2.92. The Morgan fingerprint density at radius 2 is 2.17 bits per heavy atom. The highest BCUT2D eigenvalue weighted by molar-refractivity contribution is 5.79. The molecule has 4 atom stereocenters. The monoisotopic (exact) mass is 250 g/mol. The number of carboxylic acids is 1. The summed E-state index contributed by atoms with van der Waals surface area (Å²) in [5.74, 6) is -0.926. The lowest BCUT2D eigenvalue weighted by Crippen LogP contribution is -2.38. The molecule has 4 nitrogen and oxygen atoms in total. The van der Waals surface area contributed by atoms with E-state index >= 15 is 0 Å². The number of allylic oxidation sites excluding steroid dienone is 2. The fourth-order valence-electron chi connectivity index (χ4n) is 4.13. The zero-order chi connectivity index (χ0) is 13.1. The van der Waals surface area contributed by atoms with E-state index in [-0.39, 0.29) is 29.1 Å². The van der Waals surface area contributed by atoms with Gasteiger partial charge in [-0.05, 0) is 38.0 Å². The van der Waals surface area contributed by atoms with Crippen LogP contribution in [0.3, 0.4) is 0 Å². The summed E-state index contributed by atoms with van der Waals surface area (Å²) in [5, 5.41) is 9.24. The Bertz CT molecular complexity index is 451. The molecule has 4 heteroatoms. The third kappa shape index (κ3) is 1.32. The number of ether oxygens (including phenoxy) is 1. The zero-order valence-electron chi connectivity index (χ0n) is 10.7. The van der Waals surface area contributed by atoms with Crippen LogP contribution < -0.4 is 0 Å². The van der Waals surface area contributed by atoms with Crippen LogP contribution in [0, 0.1) is 28.6 Å². The molecule has 1 saturated carbocycles. The van der Waals surface area contributed by atoms with Crippen molar-refractivity contribution in [1.29, 1.82) is 0 Å². The number of fused-ring (bicyclic) bond motifs is 2. The number of rotatable bonds is 2. The second kappa shape index (κ2) is 3.37. The summed E-state index contributed by atoms with van der Waals surface area (Å²) < 4.78 is 5.21. The van der Waals surface area contributed by atoms with Crippen LogP contribution in [-0.4, -0.2) is 23.7 Å². The summed E-state index contributed by atoms with van der Waals surface area (Å²) in [6.07, 6.45) is 5.68. The standard InChI is InChI=1S/C14H18O4/c1-13(2)10(7-18-12(13)17)14-4-3-8(5-14)9(6-14)11(15)16/h3-4,8-10H,5-7H2,1-2H3,(H,15,16). The number of aliphatic carboxylic acids is 1. The first-order chi connectivity index (χ1) is 8.37. The van der Waals surface area contributed by atoms with E-state index in [2.05, 4.69) is 6.08 Å². The summed E-state index contributed by atoms with van der Waals surface area (Å²) >= 11 is 0. The number of carbonyl (C=O) groups is 2. The Hall–Kier alpha value is -1.32. The molecule has 0 radical (unpaired) electrons. The first kappa shape index (κ1) is 11.8. The predicted molar refractivity (Wildman–Crippen MR) is 63.7 cm³/mol. The zero-order valence-corrected chi connectivity index (χ0v) is 10.7. The highest BCUT2D eigenvalue weighted by atomic mass is 16.5. The van der Waals surface area contributed by atoms with Crippen LogP contribution in [0.2, 0.25) is 0 Å². The van der Waals surface area contributed by atoms with Gasteiger partial charge in [0.25, 0.3) is 0 Å². The molecule has 0 aromatic rings. The van der Waals surface area contributed by atoms with E-state index in [0.29, 0.717) is 13.0 Å². The van der Waals surface area contributed by atoms with Crippen molar-refractivity contribution >= 4 is 11.9 Å². The van der Waals surface area contributed by atoms with E-state index in [1.54, 1.807) is 0 Å². The van der Waals surface area contributed by atoms with Crippen LogP contribution in [0.5, 0.6) is 0 Å². The largest absolute Gasteiger partial charge is 0.481 e. The Labute approximate surface area is 106 Å². The number of carboxylic acid groups (broad SMARTS) is 1. The minimum atomic E-state index is -0.714. The Kier molecular flexibility index (Phi) is 2.20. The average molecular weight is 250 g/mol. The van der Waals surface area contributed by atoms with Crippen molar-refractivity contribution < 1.29 is 19.4 Å². The molecule has 2 bridgehead atoms. The molecule has 0 amide bonds.